The Morgan fingerprint density at radius 1 is 1.29 bits per heavy atom. The largest absolute Gasteiger partial charge is 0.485 e. The standard InChI is InChI=1S/C12H18N4O/c1-2-9-14-11-10(17-8-5-13-11)12(15-9)16-6-3-4-7-16/h2-8H2,1H3,(H,13,14,15). The second-order valence-electron chi connectivity index (χ2n) is 4.46. The molecule has 1 saturated heterocycles. The average molecular weight is 234 g/mol. The molecule has 17 heavy (non-hydrogen) atoms. The van der Waals surface area contributed by atoms with Crippen LogP contribution < -0.4 is 15.0 Å². The number of anilines is 2. The van der Waals surface area contributed by atoms with Crippen LogP contribution in [0.15, 0.2) is 0 Å². The van der Waals surface area contributed by atoms with Crippen LogP contribution in [0.3, 0.4) is 0 Å². The summed E-state index contributed by atoms with van der Waals surface area (Å²) in [5, 5.41) is 3.30. The molecule has 1 fully saturated rings. The third-order valence-electron chi connectivity index (χ3n) is 3.26. The molecule has 0 atom stereocenters. The van der Waals surface area contributed by atoms with Gasteiger partial charge < -0.3 is 15.0 Å². The lowest BCUT2D eigenvalue weighted by atomic mass is 10.3. The molecule has 0 spiro atoms. The van der Waals surface area contributed by atoms with Crippen LogP contribution in [0.5, 0.6) is 5.75 Å². The molecule has 2 aliphatic rings. The van der Waals surface area contributed by atoms with Crippen LogP contribution in [0, 0.1) is 0 Å². The molecule has 5 nitrogen and oxygen atoms in total. The molecule has 1 aromatic heterocycles. The number of hydrogen-bond acceptors (Lipinski definition) is 5. The van der Waals surface area contributed by atoms with Gasteiger partial charge in [0.25, 0.3) is 0 Å². The van der Waals surface area contributed by atoms with E-state index in [1.165, 1.54) is 12.8 Å². The predicted octanol–water partition coefficient (Wildman–Crippen LogP) is 1.44. The Labute approximate surface area is 101 Å². The summed E-state index contributed by atoms with van der Waals surface area (Å²) in [5.41, 5.74) is 0. The number of aromatic nitrogens is 2. The monoisotopic (exact) mass is 234 g/mol. The highest BCUT2D eigenvalue weighted by molar-refractivity contribution is 5.66. The smallest absolute Gasteiger partial charge is 0.204 e. The molecule has 1 aromatic rings. The molecule has 3 heterocycles. The predicted molar refractivity (Wildman–Crippen MR) is 66.8 cm³/mol. The van der Waals surface area contributed by atoms with E-state index >= 15 is 0 Å². The SMILES string of the molecule is CCc1nc2c(c(N3CCCC3)n1)OCCN2. The Bertz CT molecular complexity index is 415. The van der Waals surface area contributed by atoms with Gasteiger partial charge in [0.1, 0.15) is 12.4 Å². The van der Waals surface area contributed by atoms with E-state index in [2.05, 4.69) is 27.1 Å². The molecular formula is C12H18N4O. The van der Waals surface area contributed by atoms with Gasteiger partial charge in [0.2, 0.25) is 5.75 Å². The molecule has 2 aliphatic heterocycles. The van der Waals surface area contributed by atoms with Crippen LogP contribution >= 0.6 is 0 Å². The fraction of sp³-hybridized carbons (Fsp3) is 0.667. The van der Waals surface area contributed by atoms with E-state index in [4.69, 9.17) is 4.74 Å². The zero-order valence-corrected chi connectivity index (χ0v) is 10.2. The second-order valence-corrected chi connectivity index (χ2v) is 4.46. The molecule has 0 amide bonds. The van der Waals surface area contributed by atoms with Crippen molar-refractivity contribution in [2.24, 2.45) is 0 Å². The van der Waals surface area contributed by atoms with Crippen molar-refractivity contribution in [2.75, 3.05) is 36.5 Å². The Morgan fingerprint density at radius 3 is 2.88 bits per heavy atom. The molecule has 0 radical (unpaired) electrons. The van der Waals surface area contributed by atoms with E-state index in [-0.39, 0.29) is 0 Å². The van der Waals surface area contributed by atoms with Gasteiger partial charge >= 0.3 is 0 Å². The van der Waals surface area contributed by atoms with Crippen molar-refractivity contribution in [1.82, 2.24) is 9.97 Å². The highest BCUT2D eigenvalue weighted by Crippen LogP contribution is 2.36. The van der Waals surface area contributed by atoms with Crippen LogP contribution in [-0.4, -0.2) is 36.2 Å². The minimum Gasteiger partial charge on any atom is -0.485 e. The van der Waals surface area contributed by atoms with Gasteiger partial charge in [-0.2, -0.15) is 0 Å². The molecule has 0 saturated carbocycles. The first kappa shape index (κ1) is 10.6. The molecule has 5 heteroatoms. The van der Waals surface area contributed by atoms with Crippen molar-refractivity contribution in [3.8, 4) is 5.75 Å². The molecule has 3 rings (SSSR count). The molecule has 0 aromatic carbocycles. The van der Waals surface area contributed by atoms with E-state index in [1.54, 1.807) is 0 Å². The minimum absolute atomic E-state index is 0.697. The minimum atomic E-state index is 0.697. The van der Waals surface area contributed by atoms with Gasteiger partial charge in [-0.1, -0.05) is 6.92 Å². The number of ether oxygens (including phenoxy) is 1. The maximum atomic E-state index is 5.74. The van der Waals surface area contributed by atoms with Crippen molar-refractivity contribution in [3.05, 3.63) is 5.82 Å². The number of nitrogens with zero attached hydrogens (tertiary/aromatic N) is 3. The van der Waals surface area contributed by atoms with Gasteiger partial charge in [-0.25, -0.2) is 9.97 Å². The summed E-state index contributed by atoms with van der Waals surface area (Å²) in [6.45, 7) is 5.76. The second kappa shape index (κ2) is 4.39. The van der Waals surface area contributed by atoms with Gasteiger partial charge in [-0.3, -0.25) is 0 Å². The third-order valence-corrected chi connectivity index (χ3v) is 3.26. The normalized spacial score (nSPS) is 18.5. The summed E-state index contributed by atoms with van der Waals surface area (Å²) < 4.78 is 5.74. The van der Waals surface area contributed by atoms with E-state index < -0.39 is 0 Å². The zero-order valence-electron chi connectivity index (χ0n) is 10.2. The molecule has 0 aliphatic carbocycles. The highest BCUT2D eigenvalue weighted by atomic mass is 16.5. The van der Waals surface area contributed by atoms with Crippen molar-refractivity contribution >= 4 is 11.6 Å². The van der Waals surface area contributed by atoms with Crippen LogP contribution in [0.2, 0.25) is 0 Å². The summed E-state index contributed by atoms with van der Waals surface area (Å²) in [5.74, 6) is 3.58. The first-order chi connectivity index (χ1) is 8.38. The molecule has 0 unspecified atom stereocenters. The van der Waals surface area contributed by atoms with Gasteiger partial charge in [0, 0.05) is 19.5 Å². The molecule has 1 N–H and O–H groups in total. The van der Waals surface area contributed by atoms with Crippen molar-refractivity contribution in [3.63, 3.8) is 0 Å². The van der Waals surface area contributed by atoms with Crippen molar-refractivity contribution in [1.29, 1.82) is 0 Å². The summed E-state index contributed by atoms with van der Waals surface area (Å²) in [7, 11) is 0. The number of nitrogens with one attached hydrogen (secondary N) is 1. The summed E-state index contributed by atoms with van der Waals surface area (Å²) in [6, 6.07) is 0. The Kier molecular flexibility index (Phi) is 2.74. The Hall–Kier alpha value is -1.52. The van der Waals surface area contributed by atoms with Crippen LogP contribution in [-0.2, 0) is 6.42 Å². The Morgan fingerprint density at radius 2 is 2.12 bits per heavy atom. The lowest BCUT2D eigenvalue weighted by Gasteiger charge is -2.25. The highest BCUT2D eigenvalue weighted by Gasteiger charge is 2.24. The summed E-state index contributed by atoms with van der Waals surface area (Å²) >= 11 is 0. The van der Waals surface area contributed by atoms with Crippen molar-refractivity contribution in [2.45, 2.75) is 26.2 Å². The van der Waals surface area contributed by atoms with E-state index in [9.17, 15) is 0 Å². The lowest BCUT2D eigenvalue weighted by molar-refractivity contribution is 0.320. The summed E-state index contributed by atoms with van der Waals surface area (Å²) in [6.07, 6.45) is 3.34. The fourth-order valence-electron chi connectivity index (χ4n) is 2.36. The summed E-state index contributed by atoms with van der Waals surface area (Å²) in [4.78, 5) is 11.4. The van der Waals surface area contributed by atoms with E-state index in [0.717, 1.165) is 49.3 Å². The number of hydrogen-bond donors (Lipinski definition) is 1. The molecular weight excluding hydrogens is 216 g/mol. The van der Waals surface area contributed by atoms with Gasteiger partial charge in [-0.15, -0.1) is 0 Å². The van der Waals surface area contributed by atoms with Crippen LogP contribution in [0.25, 0.3) is 0 Å². The van der Waals surface area contributed by atoms with Gasteiger partial charge in [-0.05, 0) is 12.8 Å². The van der Waals surface area contributed by atoms with E-state index in [1.807, 2.05) is 0 Å². The Balaban J connectivity index is 2.04. The first-order valence-corrected chi connectivity index (χ1v) is 6.41. The maximum absolute atomic E-state index is 5.74. The maximum Gasteiger partial charge on any atom is 0.204 e. The van der Waals surface area contributed by atoms with Gasteiger partial charge in [0.15, 0.2) is 11.6 Å². The zero-order chi connectivity index (χ0) is 11.7. The van der Waals surface area contributed by atoms with Gasteiger partial charge in [0.05, 0.1) is 6.54 Å². The van der Waals surface area contributed by atoms with Crippen LogP contribution in [0.1, 0.15) is 25.6 Å². The average Bonchev–Trinajstić information content (AvgIpc) is 2.91. The molecule has 92 valence electrons. The topological polar surface area (TPSA) is 50.3 Å². The number of fused-ring (bicyclic) bond motifs is 1. The fourth-order valence-corrected chi connectivity index (χ4v) is 2.36. The van der Waals surface area contributed by atoms with Crippen LogP contribution in [0.4, 0.5) is 11.6 Å². The first-order valence-electron chi connectivity index (χ1n) is 6.41. The quantitative estimate of drug-likeness (QED) is 0.839. The van der Waals surface area contributed by atoms with E-state index in [0.29, 0.717) is 6.61 Å². The number of rotatable bonds is 2. The molecule has 0 bridgehead atoms. The lowest BCUT2D eigenvalue weighted by Crippen LogP contribution is -2.26. The van der Waals surface area contributed by atoms with Crippen molar-refractivity contribution < 1.29 is 4.74 Å². The number of aryl methyl sites for hydroxylation is 1. The third kappa shape index (κ3) is 1.90.